The fraction of sp³-hybridized carbons (Fsp3) is 0.167. The van der Waals surface area contributed by atoms with Gasteiger partial charge in [-0.05, 0) is 18.6 Å². The molecule has 0 radical (unpaired) electrons. The highest BCUT2D eigenvalue weighted by molar-refractivity contribution is 6.34. The van der Waals surface area contributed by atoms with Crippen LogP contribution in [-0.4, -0.2) is 15.7 Å². The van der Waals surface area contributed by atoms with Gasteiger partial charge in [0.25, 0.3) is 0 Å². The predicted octanol–water partition coefficient (Wildman–Crippen LogP) is 3.83. The standard InChI is InChI=1S/C12H10Cl2N2O/c1-7-9(4-3-5-10(7)13)12-11(14)6-16(15-12)8(2)17/h3-6H,1-2H3. The van der Waals surface area contributed by atoms with Crippen LogP contribution in [0.3, 0.4) is 0 Å². The number of rotatable bonds is 1. The number of aromatic nitrogens is 2. The minimum atomic E-state index is -0.183. The first-order chi connectivity index (χ1) is 8.00. The van der Waals surface area contributed by atoms with Crippen molar-refractivity contribution in [3.8, 4) is 11.3 Å². The summed E-state index contributed by atoms with van der Waals surface area (Å²) in [4.78, 5) is 11.2. The molecule has 2 aromatic rings. The van der Waals surface area contributed by atoms with Crippen LogP contribution >= 0.6 is 23.2 Å². The molecular formula is C12H10Cl2N2O. The van der Waals surface area contributed by atoms with Crippen molar-refractivity contribution in [1.82, 2.24) is 9.78 Å². The average molecular weight is 269 g/mol. The summed E-state index contributed by atoms with van der Waals surface area (Å²) in [5.74, 6) is -0.183. The maximum atomic E-state index is 11.2. The lowest BCUT2D eigenvalue weighted by atomic mass is 10.1. The molecule has 1 heterocycles. The van der Waals surface area contributed by atoms with E-state index in [-0.39, 0.29) is 5.91 Å². The van der Waals surface area contributed by atoms with E-state index < -0.39 is 0 Å². The lowest BCUT2D eigenvalue weighted by molar-refractivity contribution is 0.0921. The molecule has 1 aromatic heterocycles. The fourth-order valence-electron chi connectivity index (χ4n) is 1.56. The zero-order chi connectivity index (χ0) is 12.6. The summed E-state index contributed by atoms with van der Waals surface area (Å²) in [5, 5.41) is 5.24. The highest BCUT2D eigenvalue weighted by Gasteiger charge is 2.14. The molecule has 0 saturated heterocycles. The van der Waals surface area contributed by atoms with E-state index >= 15 is 0 Å². The molecule has 0 atom stereocenters. The molecule has 88 valence electrons. The summed E-state index contributed by atoms with van der Waals surface area (Å²) in [7, 11) is 0. The lowest BCUT2D eigenvalue weighted by Gasteiger charge is -2.04. The van der Waals surface area contributed by atoms with Gasteiger partial charge in [-0.15, -0.1) is 0 Å². The van der Waals surface area contributed by atoms with E-state index in [1.807, 2.05) is 19.1 Å². The second kappa shape index (κ2) is 4.51. The van der Waals surface area contributed by atoms with E-state index in [9.17, 15) is 4.79 Å². The van der Waals surface area contributed by atoms with Gasteiger partial charge in [0.05, 0.1) is 11.2 Å². The Labute approximate surface area is 109 Å². The van der Waals surface area contributed by atoms with Crippen LogP contribution < -0.4 is 0 Å². The van der Waals surface area contributed by atoms with E-state index in [2.05, 4.69) is 5.10 Å². The molecule has 0 aliphatic heterocycles. The maximum absolute atomic E-state index is 11.2. The summed E-state index contributed by atoms with van der Waals surface area (Å²) in [5.41, 5.74) is 2.30. The third-order valence-corrected chi connectivity index (χ3v) is 3.20. The highest BCUT2D eigenvalue weighted by Crippen LogP contribution is 2.31. The van der Waals surface area contributed by atoms with Gasteiger partial charge in [0, 0.05) is 17.5 Å². The van der Waals surface area contributed by atoms with Gasteiger partial charge in [-0.2, -0.15) is 5.10 Å². The van der Waals surface area contributed by atoms with Gasteiger partial charge < -0.3 is 0 Å². The molecule has 5 heteroatoms. The van der Waals surface area contributed by atoms with E-state index in [1.165, 1.54) is 17.8 Å². The zero-order valence-electron chi connectivity index (χ0n) is 9.37. The number of nitrogens with zero attached hydrogens (tertiary/aromatic N) is 2. The average Bonchev–Trinajstić information content (AvgIpc) is 2.65. The van der Waals surface area contributed by atoms with Crippen LogP contribution in [0.4, 0.5) is 0 Å². The van der Waals surface area contributed by atoms with Gasteiger partial charge in [-0.25, -0.2) is 4.68 Å². The molecule has 1 aromatic carbocycles. The topological polar surface area (TPSA) is 34.9 Å². The van der Waals surface area contributed by atoms with Crippen molar-refractivity contribution in [2.45, 2.75) is 13.8 Å². The van der Waals surface area contributed by atoms with Crippen LogP contribution in [0.1, 0.15) is 17.3 Å². The number of carbonyl (C=O) groups excluding carboxylic acids is 1. The number of hydrogen-bond acceptors (Lipinski definition) is 2. The molecule has 2 rings (SSSR count). The van der Waals surface area contributed by atoms with Crippen LogP contribution in [0, 0.1) is 6.92 Å². The van der Waals surface area contributed by atoms with E-state index in [4.69, 9.17) is 23.2 Å². The highest BCUT2D eigenvalue weighted by atomic mass is 35.5. The minimum absolute atomic E-state index is 0.183. The second-order valence-electron chi connectivity index (χ2n) is 3.70. The van der Waals surface area contributed by atoms with Crippen molar-refractivity contribution >= 4 is 29.1 Å². The SMILES string of the molecule is CC(=O)n1cc(Cl)c(-c2cccc(Cl)c2C)n1. The Morgan fingerprint density at radius 1 is 1.29 bits per heavy atom. The van der Waals surface area contributed by atoms with Gasteiger partial charge in [0.1, 0.15) is 5.69 Å². The van der Waals surface area contributed by atoms with Gasteiger partial charge in [-0.3, -0.25) is 4.79 Å². The molecule has 17 heavy (non-hydrogen) atoms. The Morgan fingerprint density at radius 2 is 2.00 bits per heavy atom. The molecule has 0 amide bonds. The smallest absolute Gasteiger partial charge is 0.243 e. The van der Waals surface area contributed by atoms with Gasteiger partial charge >= 0.3 is 0 Å². The molecule has 3 nitrogen and oxygen atoms in total. The van der Waals surface area contributed by atoms with Crippen molar-refractivity contribution in [2.75, 3.05) is 0 Å². The molecule has 0 aliphatic rings. The molecule has 0 fully saturated rings. The lowest BCUT2D eigenvalue weighted by Crippen LogP contribution is -2.05. The van der Waals surface area contributed by atoms with Crippen LogP contribution in [0.5, 0.6) is 0 Å². The minimum Gasteiger partial charge on any atom is -0.273 e. The first-order valence-electron chi connectivity index (χ1n) is 5.02. The number of hydrogen-bond donors (Lipinski definition) is 0. The Morgan fingerprint density at radius 3 is 2.59 bits per heavy atom. The monoisotopic (exact) mass is 268 g/mol. The van der Waals surface area contributed by atoms with Gasteiger partial charge in [-0.1, -0.05) is 35.3 Å². The molecule has 0 unspecified atom stereocenters. The van der Waals surface area contributed by atoms with Gasteiger partial charge in [0.15, 0.2) is 0 Å². The Hall–Kier alpha value is -1.32. The summed E-state index contributed by atoms with van der Waals surface area (Å²) >= 11 is 12.1. The maximum Gasteiger partial charge on any atom is 0.243 e. The first kappa shape index (κ1) is 12.1. The van der Waals surface area contributed by atoms with Gasteiger partial charge in [0.2, 0.25) is 5.91 Å². The number of benzene rings is 1. The van der Waals surface area contributed by atoms with E-state index in [1.54, 1.807) is 6.07 Å². The normalized spacial score (nSPS) is 10.6. The van der Waals surface area contributed by atoms with E-state index in [0.717, 1.165) is 11.1 Å². The number of halogens is 2. The van der Waals surface area contributed by atoms with Crippen LogP contribution in [0.15, 0.2) is 24.4 Å². The second-order valence-corrected chi connectivity index (χ2v) is 4.52. The first-order valence-corrected chi connectivity index (χ1v) is 5.78. The number of carbonyl (C=O) groups is 1. The third-order valence-electron chi connectivity index (χ3n) is 2.52. The van der Waals surface area contributed by atoms with Crippen molar-refractivity contribution in [3.05, 3.63) is 40.0 Å². The summed E-state index contributed by atoms with van der Waals surface area (Å²) < 4.78 is 1.22. The molecule has 0 spiro atoms. The summed E-state index contributed by atoms with van der Waals surface area (Å²) in [6, 6.07) is 5.50. The Bertz CT molecular complexity index is 590. The molecule has 0 saturated carbocycles. The predicted molar refractivity (Wildman–Crippen MR) is 68.7 cm³/mol. The van der Waals surface area contributed by atoms with Crippen molar-refractivity contribution in [3.63, 3.8) is 0 Å². The summed E-state index contributed by atoms with van der Waals surface area (Å²) in [6.45, 7) is 3.32. The van der Waals surface area contributed by atoms with Crippen LogP contribution in [0.25, 0.3) is 11.3 Å². The zero-order valence-corrected chi connectivity index (χ0v) is 10.9. The summed E-state index contributed by atoms with van der Waals surface area (Å²) in [6.07, 6.45) is 1.50. The molecular weight excluding hydrogens is 259 g/mol. The largest absolute Gasteiger partial charge is 0.273 e. The van der Waals surface area contributed by atoms with Crippen molar-refractivity contribution in [2.24, 2.45) is 0 Å². The van der Waals surface area contributed by atoms with Crippen LogP contribution in [-0.2, 0) is 0 Å². The Balaban J connectivity index is 2.60. The third kappa shape index (κ3) is 2.21. The quantitative estimate of drug-likeness (QED) is 0.788. The van der Waals surface area contributed by atoms with Crippen LogP contribution in [0.2, 0.25) is 10.0 Å². The Kier molecular flexibility index (Phi) is 3.22. The molecule has 0 N–H and O–H groups in total. The van der Waals surface area contributed by atoms with Crippen molar-refractivity contribution < 1.29 is 4.79 Å². The fourth-order valence-corrected chi connectivity index (χ4v) is 1.97. The molecule has 0 aliphatic carbocycles. The van der Waals surface area contributed by atoms with E-state index in [0.29, 0.717) is 15.7 Å². The van der Waals surface area contributed by atoms with Crippen molar-refractivity contribution in [1.29, 1.82) is 0 Å². The molecule has 0 bridgehead atoms.